The van der Waals surface area contributed by atoms with Crippen LogP contribution in [0.1, 0.15) is 23.2 Å². The van der Waals surface area contributed by atoms with Crippen LogP contribution in [0.3, 0.4) is 0 Å². The van der Waals surface area contributed by atoms with Crippen molar-refractivity contribution in [1.29, 1.82) is 0 Å². The van der Waals surface area contributed by atoms with E-state index in [1.165, 1.54) is 23.4 Å². The Morgan fingerprint density at radius 3 is 2.89 bits per heavy atom. The van der Waals surface area contributed by atoms with Gasteiger partial charge in [0, 0.05) is 12.1 Å². The van der Waals surface area contributed by atoms with Gasteiger partial charge in [-0.05, 0) is 41.5 Å². The fraction of sp³-hybridized carbons (Fsp3) is 0.294. The van der Waals surface area contributed by atoms with Crippen LogP contribution in [0, 0.1) is 0 Å². The fourth-order valence-electron chi connectivity index (χ4n) is 2.97. The van der Waals surface area contributed by atoms with Crippen LogP contribution in [0.15, 0.2) is 43.0 Å². The summed E-state index contributed by atoms with van der Waals surface area (Å²) in [5, 5.41) is 11.5. The lowest BCUT2D eigenvalue weighted by atomic mass is 10.1. The molecule has 0 N–H and O–H groups in total. The van der Waals surface area contributed by atoms with E-state index in [9.17, 15) is 4.79 Å². The van der Waals surface area contributed by atoms with Gasteiger partial charge in [0.2, 0.25) is 0 Å². The lowest BCUT2D eigenvalue weighted by Crippen LogP contribution is -2.44. The van der Waals surface area contributed by atoms with E-state index in [1.54, 1.807) is 17.0 Å². The second-order valence-electron chi connectivity index (χ2n) is 6.12. The van der Waals surface area contributed by atoms with Crippen LogP contribution in [-0.4, -0.2) is 60.2 Å². The van der Waals surface area contributed by atoms with Crippen molar-refractivity contribution in [2.75, 3.05) is 13.1 Å². The molecule has 2 aromatic heterocycles. The first-order valence-corrected chi connectivity index (χ1v) is 8.84. The summed E-state index contributed by atoms with van der Waals surface area (Å²) in [6.07, 6.45) is 5.98. The Balaban J connectivity index is 1.45. The second kappa shape index (κ2) is 7.67. The number of halogens is 1. The SMILES string of the molecule is O=C(c1cccc(-n2cnnn2)c1)N1CCCC(Oc2ncc(Cl)cn2)C1. The fourth-order valence-corrected chi connectivity index (χ4v) is 3.07. The topological polar surface area (TPSA) is 98.9 Å². The zero-order valence-corrected chi connectivity index (χ0v) is 15.0. The van der Waals surface area contributed by atoms with E-state index in [0.29, 0.717) is 23.7 Å². The van der Waals surface area contributed by atoms with Gasteiger partial charge in [-0.1, -0.05) is 17.7 Å². The number of carbonyl (C=O) groups is 1. The molecule has 3 heterocycles. The molecule has 0 spiro atoms. The summed E-state index contributed by atoms with van der Waals surface area (Å²) in [6, 6.07) is 7.46. The Bertz CT molecular complexity index is 917. The Morgan fingerprint density at radius 1 is 1.26 bits per heavy atom. The minimum atomic E-state index is -0.161. The zero-order chi connectivity index (χ0) is 18.6. The summed E-state index contributed by atoms with van der Waals surface area (Å²) >= 11 is 5.79. The number of rotatable bonds is 4. The van der Waals surface area contributed by atoms with Crippen molar-refractivity contribution in [3.8, 4) is 11.7 Å². The molecular weight excluding hydrogens is 370 g/mol. The van der Waals surface area contributed by atoms with Crippen molar-refractivity contribution in [1.82, 2.24) is 35.1 Å². The van der Waals surface area contributed by atoms with Crippen LogP contribution in [0.4, 0.5) is 0 Å². The number of nitrogens with zero attached hydrogens (tertiary/aromatic N) is 7. The maximum Gasteiger partial charge on any atom is 0.316 e. The smallest absolute Gasteiger partial charge is 0.316 e. The molecule has 1 amide bonds. The third kappa shape index (κ3) is 4.03. The van der Waals surface area contributed by atoms with Crippen LogP contribution >= 0.6 is 11.6 Å². The molecular formula is C17H16ClN7O2. The van der Waals surface area contributed by atoms with Gasteiger partial charge in [-0.2, -0.15) is 0 Å². The molecule has 9 nitrogen and oxygen atoms in total. The first-order valence-electron chi connectivity index (χ1n) is 8.46. The molecule has 1 aliphatic heterocycles. The average Bonchev–Trinajstić information content (AvgIpc) is 3.24. The van der Waals surface area contributed by atoms with Gasteiger partial charge in [-0.25, -0.2) is 14.6 Å². The molecule has 138 valence electrons. The maximum atomic E-state index is 12.9. The number of carbonyl (C=O) groups excluding carboxylic acids is 1. The van der Waals surface area contributed by atoms with Crippen LogP contribution in [0.2, 0.25) is 5.02 Å². The van der Waals surface area contributed by atoms with Gasteiger partial charge < -0.3 is 9.64 Å². The van der Waals surface area contributed by atoms with Gasteiger partial charge in [-0.15, -0.1) is 5.10 Å². The number of ether oxygens (including phenoxy) is 1. The van der Waals surface area contributed by atoms with Crippen molar-refractivity contribution < 1.29 is 9.53 Å². The van der Waals surface area contributed by atoms with Crippen molar-refractivity contribution in [2.45, 2.75) is 18.9 Å². The largest absolute Gasteiger partial charge is 0.458 e. The molecule has 1 aromatic carbocycles. The van der Waals surface area contributed by atoms with Gasteiger partial charge >= 0.3 is 6.01 Å². The van der Waals surface area contributed by atoms with Gasteiger partial charge in [0.1, 0.15) is 12.4 Å². The number of likely N-dealkylation sites (tertiary alicyclic amines) is 1. The van der Waals surface area contributed by atoms with Crippen LogP contribution in [0.25, 0.3) is 5.69 Å². The highest BCUT2D eigenvalue weighted by Crippen LogP contribution is 2.19. The highest BCUT2D eigenvalue weighted by molar-refractivity contribution is 6.30. The third-order valence-corrected chi connectivity index (χ3v) is 4.44. The Morgan fingerprint density at radius 2 is 2.11 bits per heavy atom. The number of hydrogen-bond acceptors (Lipinski definition) is 7. The number of aromatic nitrogens is 6. The van der Waals surface area contributed by atoms with Gasteiger partial charge in [0.15, 0.2) is 0 Å². The summed E-state index contributed by atoms with van der Waals surface area (Å²) in [5.74, 6) is -0.0600. The predicted octanol–water partition coefficient (Wildman–Crippen LogP) is 1.79. The quantitative estimate of drug-likeness (QED) is 0.675. The van der Waals surface area contributed by atoms with E-state index < -0.39 is 0 Å². The summed E-state index contributed by atoms with van der Waals surface area (Å²) in [6.45, 7) is 1.15. The van der Waals surface area contributed by atoms with E-state index in [0.717, 1.165) is 18.5 Å². The van der Waals surface area contributed by atoms with Crippen molar-refractivity contribution in [3.63, 3.8) is 0 Å². The monoisotopic (exact) mass is 385 g/mol. The van der Waals surface area contributed by atoms with Crippen LogP contribution < -0.4 is 4.74 Å². The normalized spacial score (nSPS) is 16.9. The van der Waals surface area contributed by atoms with E-state index >= 15 is 0 Å². The molecule has 4 rings (SSSR count). The van der Waals surface area contributed by atoms with Crippen LogP contribution in [0.5, 0.6) is 6.01 Å². The number of hydrogen-bond donors (Lipinski definition) is 0. The second-order valence-corrected chi connectivity index (χ2v) is 6.56. The number of amides is 1. The lowest BCUT2D eigenvalue weighted by Gasteiger charge is -2.32. The Kier molecular flexibility index (Phi) is 4.93. The molecule has 10 heteroatoms. The Hall–Kier alpha value is -3.07. The first-order chi connectivity index (χ1) is 13.2. The summed E-state index contributed by atoms with van der Waals surface area (Å²) in [7, 11) is 0. The van der Waals surface area contributed by atoms with Crippen molar-refractivity contribution in [3.05, 3.63) is 53.6 Å². The van der Waals surface area contributed by atoms with Gasteiger partial charge in [0.25, 0.3) is 5.91 Å². The predicted molar refractivity (Wildman–Crippen MR) is 95.7 cm³/mol. The van der Waals surface area contributed by atoms with Crippen LogP contribution in [-0.2, 0) is 0 Å². The standard InChI is InChI=1S/C17H16ClN7O2/c18-13-8-19-17(20-9-13)27-15-5-2-6-24(10-15)16(26)12-3-1-4-14(7-12)25-11-21-22-23-25/h1,3-4,7-9,11,15H,2,5-6,10H2. The molecule has 1 unspecified atom stereocenters. The maximum absolute atomic E-state index is 12.9. The molecule has 27 heavy (non-hydrogen) atoms. The molecule has 0 saturated carbocycles. The van der Waals surface area contributed by atoms with E-state index in [2.05, 4.69) is 25.5 Å². The average molecular weight is 386 g/mol. The zero-order valence-electron chi connectivity index (χ0n) is 14.3. The highest BCUT2D eigenvalue weighted by Gasteiger charge is 2.26. The molecule has 0 bridgehead atoms. The van der Waals surface area contributed by atoms with Crippen molar-refractivity contribution >= 4 is 17.5 Å². The highest BCUT2D eigenvalue weighted by atomic mass is 35.5. The minimum absolute atomic E-state index is 0.0600. The number of piperidine rings is 1. The van der Waals surface area contributed by atoms with E-state index in [-0.39, 0.29) is 18.0 Å². The molecule has 0 radical (unpaired) electrons. The molecule has 1 atom stereocenters. The number of benzene rings is 1. The molecule has 0 aliphatic carbocycles. The first kappa shape index (κ1) is 17.3. The minimum Gasteiger partial charge on any atom is -0.458 e. The molecule has 1 fully saturated rings. The van der Waals surface area contributed by atoms with Gasteiger partial charge in [0.05, 0.1) is 29.6 Å². The van der Waals surface area contributed by atoms with Crippen molar-refractivity contribution in [2.24, 2.45) is 0 Å². The summed E-state index contributed by atoms with van der Waals surface area (Å²) < 4.78 is 7.31. The number of tetrazole rings is 1. The third-order valence-electron chi connectivity index (χ3n) is 4.24. The molecule has 1 saturated heterocycles. The van der Waals surface area contributed by atoms with E-state index in [1.807, 2.05) is 12.1 Å². The lowest BCUT2D eigenvalue weighted by molar-refractivity contribution is 0.0516. The molecule has 3 aromatic rings. The summed E-state index contributed by atoms with van der Waals surface area (Å²) in [4.78, 5) is 22.8. The Labute approximate surface area is 159 Å². The molecule has 1 aliphatic rings. The van der Waals surface area contributed by atoms with E-state index in [4.69, 9.17) is 16.3 Å². The van der Waals surface area contributed by atoms with Gasteiger partial charge in [-0.3, -0.25) is 4.79 Å². The summed E-state index contributed by atoms with van der Waals surface area (Å²) in [5.41, 5.74) is 1.30.